The fourth-order valence-electron chi connectivity index (χ4n) is 3.39. The number of benzene rings is 2. The summed E-state index contributed by atoms with van der Waals surface area (Å²) in [6, 6.07) is 12.5. The van der Waals surface area contributed by atoms with E-state index in [4.69, 9.17) is 0 Å². The fraction of sp³-hybridized carbons (Fsp3) is 0.176. The molecule has 1 aliphatic heterocycles. The van der Waals surface area contributed by atoms with Gasteiger partial charge in [0.25, 0.3) is 5.72 Å². The first kappa shape index (κ1) is 13.9. The van der Waals surface area contributed by atoms with E-state index in [0.717, 1.165) is 10.5 Å². The van der Waals surface area contributed by atoms with Crippen LogP contribution >= 0.6 is 0 Å². The number of nitrogens with zero attached hydrogens (tertiary/aromatic N) is 1. The topological polar surface area (TPSA) is 89.9 Å². The molecule has 2 aliphatic rings. The molecule has 0 radical (unpaired) electrons. The van der Waals surface area contributed by atoms with Gasteiger partial charge in [-0.15, -0.1) is 0 Å². The van der Waals surface area contributed by atoms with Crippen molar-refractivity contribution in [3.05, 3.63) is 65.2 Å². The normalized spacial score (nSPS) is 28.6. The van der Waals surface area contributed by atoms with E-state index < -0.39 is 23.3 Å². The molecule has 2 aromatic carbocycles. The number of aryl methyl sites for hydroxylation is 1. The summed E-state index contributed by atoms with van der Waals surface area (Å²) in [6.07, 6.45) is 0. The Morgan fingerprint density at radius 1 is 1.04 bits per heavy atom. The number of carbonyl (C=O) groups is 2. The van der Waals surface area contributed by atoms with Crippen LogP contribution in [0, 0.1) is 6.92 Å². The van der Waals surface area contributed by atoms with Crippen molar-refractivity contribution in [3.63, 3.8) is 0 Å². The van der Waals surface area contributed by atoms with Gasteiger partial charge in [-0.25, -0.2) is 4.79 Å². The molecule has 1 fully saturated rings. The number of hydrogen-bond donors (Lipinski definition) is 3. The Kier molecular flexibility index (Phi) is 2.53. The highest BCUT2D eigenvalue weighted by Crippen LogP contribution is 2.50. The van der Waals surface area contributed by atoms with E-state index in [1.54, 1.807) is 30.3 Å². The van der Waals surface area contributed by atoms with Gasteiger partial charge in [0.15, 0.2) is 0 Å². The maximum Gasteiger partial charge on any atom is 0.327 e. The Hall–Kier alpha value is -2.70. The van der Waals surface area contributed by atoms with Gasteiger partial charge in [0.1, 0.15) is 0 Å². The van der Waals surface area contributed by atoms with Crippen LogP contribution in [0.3, 0.4) is 0 Å². The first-order valence-corrected chi connectivity index (χ1v) is 7.17. The van der Waals surface area contributed by atoms with Crippen molar-refractivity contribution >= 4 is 17.5 Å². The second-order valence-corrected chi connectivity index (χ2v) is 5.86. The van der Waals surface area contributed by atoms with E-state index >= 15 is 0 Å². The van der Waals surface area contributed by atoms with Crippen LogP contribution in [-0.2, 0) is 5.72 Å². The number of nitrogens with one attached hydrogen (secondary N) is 1. The summed E-state index contributed by atoms with van der Waals surface area (Å²) in [5.74, 6) is -0.723. The van der Waals surface area contributed by atoms with Crippen LogP contribution in [0.2, 0.25) is 0 Å². The highest BCUT2D eigenvalue weighted by atomic mass is 16.4. The van der Waals surface area contributed by atoms with E-state index in [0.29, 0.717) is 5.69 Å². The van der Waals surface area contributed by atoms with Crippen molar-refractivity contribution in [2.24, 2.45) is 0 Å². The zero-order valence-electron chi connectivity index (χ0n) is 12.3. The van der Waals surface area contributed by atoms with E-state index in [-0.39, 0.29) is 11.1 Å². The predicted molar refractivity (Wildman–Crippen MR) is 81.8 cm³/mol. The average molecular weight is 310 g/mol. The zero-order valence-corrected chi connectivity index (χ0v) is 12.3. The van der Waals surface area contributed by atoms with Gasteiger partial charge in [0.05, 0.1) is 0 Å². The molecule has 1 saturated heterocycles. The number of fused-ring (bicyclic) bond motifs is 3. The molecule has 2 aromatic rings. The minimum absolute atomic E-state index is 0.190. The molecule has 1 heterocycles. The maximum atomic E-state index is 12.5. The number of ketones is 1. The van der Waals surface area contributed by atoms with Gasteiger partial charge >= 0.3 is 6.03 Å². The minimum atomic E-state index is -2.41. The van der Waals surface area contributed by atoms with Crippen molar-refractivity contribution in [3.8, 4) is 0 Å². The molecular formula is C17H14N2O4. The van der Waals surface area contributed by atoms with Gasteiger partial charge in [0, 0.05) is 16.8 Å². The molecular weight excluding hydrogens is 296 g/mol. The number of urea groups is 1. The standard InChI is InChI=1S/C17H14N2O4/c1-10-5-4-6-11(9-10)19-15(21)18-16(22)14(20)12-7-2-3-8-13(12)17(16,19)23/h2-9,22-23H,1H3,(H,18,21)/t16-,17-/m0/s1. The number of Topliss-reactive ketones (excluding diaryl/α,β-unsaturated/α-hetero) is 1. The number of hydrogen-bond acceptors (Lipinski definition) is 4. The van der Waals surface area contributed by atoms with Crippen LogP contribution in [0.15, 0.2) is 48.5 Å². The lowest BCUT2D eigenvalue weighted by atomic mass is 9.98. The molecule has 4 rings (SSSR count). The van der Waals surface area contributed by atoms with E-state index in [1.807, 2.05) is 13.0 Å². The minimum Gasteiger partial charge on any atom is -0.362 e. The quantitative estimate of drug-likeness (QED) is 0.739. The summed E-state index contributed by atoms with van der Waals surface area (Å²) in [5, 5.41) is 24.3. The van der Waals surface area contributed by atoms with E-state index in [2.05, 4.69) is 5.32 Å². The SMILES string of the molecule is Cc1cccc(N2C(=O)N[C@]3(O)C(=O)c4ccccc4[C@@]23O)c1. The van der Waals surface area contributed by atoms with Crippen LogP contribution < -0.4 is 10.2 Å². The molecule has 2 atom stereocenters. The Labute approximate surface area is 132 Å². The fourth-order valence-corrected chi connectivity index (χ4v) is 3.39. The largest absolute Gasteiger partial charge is 0.362 e. The van der Waals surface area contributed by atoms with Crippen molar-refractivity contribution < 1.29 is 19.8 Å². The molecule has 0 saturated carbocycles. The first-order valence-electron chi connectivity index (χ1n) is 7.17. The Morgan fingerprint density at radius 2 is 1.78 bits per heavy atom. The summed E-state index contributed by atoms with van der Waals surface area (Å²) in [7, 11) is 0. The van der Waals surface area contributed by atoms with Crippen molar-refractivity contribution in [1.82, 2.24) is 5.32 Å². The molecule has 0 unspecified atom stereocenters. The van der Waals surface area contributed by atoms with Crippen LogP contribution in [-0.4, -0.2) is 27.8 Å². The zero-order chi connectivity index (χ0) is 16.4. The summed E-state index contributed by atoms with van der Waals surface area (Å²) < 4.78 is 0. The molecule has 6 heteroatoms. The molecule has 6 nitrogen and oxygen atoms in total. The van der Waals surface area contributed by atoms with Gasteiger partial charge in [0.2, 0.25) is 11.5 Å². The number of rotatable bonds is 1. The van der Waals surface area contributed by atoms with E-state index in [1.165, 1.54) is 12.1 Å². The predicted octanol–water partition coefficient (Wildman–Crippen LogP) is 1.25. The molecule has 1 aliphatic carbocycles. The molecule has 0 spiro atoms. The smallest absolute Gasteiger partial charge is 0.327 e. The molecule has 0 aromatic heterocycles. The van der Waals surface area contributed by atoms with Gasteiger partial charge in [-0.1, -0.05) is 36.4 Å². The van der Waals surface area contributed by atoms with Crippen LogP contribution in [0.4, 0.5) is 10.5 Å². The van der Waals surface area contributed by atoms with Crippen molar-refractivity contribution in [2.75, 3.05) is 4.90 Å². The Morgan fingerprint density at radius 3 is 2.52 bits per heavy atom. The number of amides is 2. The summed E-state index contributed by atoms with van der Waals surface area (Å²) in [5.41, 5.74) is -2.93. The van der Waals surface area contributed by atoms with Crippen molar-refractivity contribution in [1.29, 1.82) is 0 Å². The van der Waals surface area contributed by atoms with Crippen LogP contribution in [0.5, 0.6) is 0 Å². The lowest BCUT2D eigenvalue weighted by Gasteiger charge is -2.35. The van der Waals surface area contributed by atoms with E-state index in [9.17, 15) is 19.8 Å². The lowest BCUT2D eigenvalue weighted by Crippen LogP contribution is -2.59. The van der Waals surface area contributed by atoms with Gasteiger partial charge in [-0.2, -0.15) is 0 Å². The second-order valence-electron chi connectivity index (χ2n) is 5.86. The molecule has 116 valence electrons. The van der Waals surface area contributed by atoms with Crippen LogP contribution in [0.1, 0.15) is 21.5 Å². The summed E-state index contributed by atoms with van der Waals surface area (Å²) in [4.78, 5) is 26.0. The maximum absolute atomic E-state index is 12.5. The Balaban J connectivity index is 2.00. The van der Waals surface area contributed by atoms with Gasteiger partial charge < -0.3 is 10.2 Å². The van der Waals surface area contributed by atoms with Crippen molar-refractivity contribution in [2.45, 2.75) is 18.4 Å². The first-order chi connectivity index (χ1) is 10.9. The van der Waals surface area contributed by atoms with Gasteiger partial charge in [-0.05, 0) is 24.6 Å². The molecule has 0 bridgehead atoms. The monoisotopic (exact) mass is 310 g/mol. The molecule has 2 amide bonds. The summed E-state index contributed by atoms with van der Waals surface area (Å²) >= 11 is 0. The highest BCUT2D eigenvalue weighted by molar-refractivity contribution is 6.15. The number of anilines is 1. The van der Waals surface area contributed by atoms with Crippen LogP contribution in [0.25, 0.3) is 0 Å². The average Bonchev–Trinajstić information content (AvgIpc) is 2.83. The summed E-state index contributed by atoms with van der Waals surface area (Å²) in [6.45, 7) is 1.85. The third kappa shape index (κ3) is 1.49. The molecule has 3 N–H and O–H groups in total. The highest BCUT2D eigenvalue weighted by Gasteiger charge is 2.72. The Bertz CT molecular complexity index is 865. The second kappa shape index (κ2) is 4.18. The number of carbonyl (C=O) groups excluding carboxylic acids is 2. The van der Waals surface area contributed by atoms with Gasteiger partial charge in [-0.3, -0.25) is 15.0 Å². The third-order valence-electron chi connectivity index (χ3n) is 4.45. The number of aliphatic hydroxyl groups is 2. The third-order valence-corrected chi connectivity index (χ3v) is 4.45. The molecule has 23 heavy (non-hydrogen) atoms. The lowest BCUT2D eigenvalue weighted by molar-refractivity contribution is -0.109.